The van der Waals surface area contributed by atoms with Crippen LogP contribution in [0.4, 0.5) is 0 Å². The fraction of sp³-hybridized carbons (Fsp3) is 1.00. The van der Waals surface area contributed by atoms with Crippen LogP contribution in [0.15, 0.2) is 0 Å². The summed E-state index contributed by atoms with van der Waals surface area (Å²) in [6, 6.07) is 0. The molecule has 0 aliphatic carbocycles. The van der Waals surface area contributed by atoms with Crippen LogP contribution in [-0.2, 0) is 8.85 Å². The van der Waals surface area contributed by atoms with Gasteiger partial charge < -0.3 is 14.6 Å². The highest BCUT2D eigenvalue weighted by molar-refractivity contribution is 6.46. The largest absolute Gasteiger partial charge is 0.396 e. The second-order valence-electron chi connectivity index (χ2n) is 4.73. The Kier molecular flexibility index (Phi) is 12.6. The molecule has 4 heteroatoms. The predicted octanol–water partition coefficient (Wildman–Crippen LogP) is 2.97. The van der Waals surface area contributed by atoms with E-state index in [1.54, 1.807) is 0 Å². The van der Waals surface area contributed by atoms with Crippen molar-refractivity contribution in [3.63, 3.8) is 0 Å². The van der Waals surface area contributed by atoms with E-state index in [0.29, 0.717) is 5.54 Å². The van der Waals surface area contributed by atoms with E-state index < -0.39 is 9.28 Å². The number of hydrogen-bond acceptors (Lipinski definition) is 3. The second kappa shape index (κ2) is 12.6. The number of hydrogen-bond donors (Lipinski definition) is 1. The van der Waals surface area contributed by atoms with Crippen LogP contribution >= 0.6 is 0 Å². The smallest absolute Gasteiger partial charge is 0.324 e. The van der Waals surface area contributed by atoms with Gasteiger partial charge in [-0.3, -0.25) is 0 Å². The molecule has 1 atom stereocenters. The first-order valence-electron chi connectivity index (χ1n) is 7.19. The summed E-state index contributed by atoms with van der Waals surface area (Å²) in [4.78, 5) is 0. The molecule has 0 aromatic carbocycles. The molecule has 104 valence electrons. The third kappa shape index (κ3) is 9.77. The van der Waals surface area contributed by atoms with Gasteiger partial charge in [-0.15, -0.1) is 0 Å². The van der Waals surface area contributed by atoms with Crippen molar-refractivity contribution in [2.24, 2.45) is 5.73 Å². The minimum Gasteiger partial charge on any atom is -0.396 e. The molecule has 0 aromatic rings. The molecule has 0 radical (unpaired) electrons. The average Bonchev–Trinajstić information content (AvgIpc) is 2.34. The molecule has 0 amide bonds. The Hall–Kier alpha value is 0.0969. The summed E-state index contributed by atoms with van der Waals surface area (Å²) in [5.74, 6) is 0. The van der Waals surface area contributed by atoms with Gasteiger partial charge in [0.25, 0.3) is 0 Å². The van der Waals surface area contributed by atoms with Gasteiger partial charge in [0.15, 0.2) is 0 Å². The molecule has 0 spiro atoms. The minimum atomic E-state index is -1.48. The molecular formula is C13H31NO2Si. The van der Waals surface area contributed by atoms with Crippen LogP contribution < -0.4 is 5.73 Å². The summed E-state index contributed by atoms with van der Waals surface area (Å²) in [7, 11) is -1.48. The lowest BCUT2D eigenvalue weighted by Gasteiger charge is -2.22. The molecule has 2 N–H and O–H groups in total. The molecule has 0 aliphatic heterocycles. The molecular weight excluding hydrogens is 230 g/mol. The van der Waals surface area contributed by atoms with Gasteiger partial charge in [-0.25, -0.2) is 0 Å². The first-order valence-corrected chi connectivity index (χ1v) is 8.80. The van der Waals surface area contributed by atoms with E-state index in [0.717, 1.165) is 45.4 Å². The lowest BCUT2D eigenvalue weighted by atomic mass is 10.2. The quantitative estimate of drug-likeness (QED) is 0.434. The Balaban J connectivity index is 3.89. The Morgan fingerprint density at radius 3 is 1.94 bits per heavy atom. The summed E-state index contributed by atoms with van der Waals surface area (Å²) in [5, 5.41) is 0. The third-order valence-electron chi connectivity index (χ3n) is 2.89. The van der Waals surface area contributed by atoms with Crippen molar-refractivity contribution in [2.75, 3.05) is 19.8 Å². The summed E-state index contributed by atoms with van der Waals surface area (Å²) >= 11 is 0. The summed E-state index contributed by atoms with van der Waals surface area (Å²) < 4.78 is 11.9. The van der Waals surface area contributed by atoms with Crippen molar-refractivity contribution in [1.82, 2.24) is 0 Å². The van der Waals surface area contributed by atoms with Gasteiger partial charge >= 0.3 is 9.28 Å². The number of rotatable bonds is 12. The zero-order valence-electron chi connectivity index (χ0n) is 11.9. The van der Waals surface area contributed by atoms with Crippen LogP contribution in [0, 0.1) is 0 Å². The Morgan fingerprint density at radius 1 is 1.00 bits per heavy atom. The topological polar surface area (TPSA) is 44.5 Å². The molecule has 17 heavy (non-hydrogen) atoms. The molecule has 1 unspecified atom stereocenters. The normalized spacial score (nSPS) is 13.2. The zero-order valence-corrected chi connectivity index (χ0v) is 13.1. The molecule has 0 saturated carbocycles. The standard InChI is InChI=1S/C13H31NO2Si/c1-4-6-11-15-17(16-12-7-5-2)13(3)9-8-10-14/h13,17H,4-12,14H2,1-3H3. The van der Waals surface area contributed by atoms with E-state index >= 15 is 0 Å². The molecule has 0 heterocycles. The lowest BCUT2D eigenvalue weighted by Crippen LogP contribution is -2.29. The number of unbranched alkanes of at least 4 members (excludes halogenated alkanes) is 2. The Morgan fingerprint density at radius 2 is 1.53 bits per heavy atom. The van der Waals surface area contributed by atoms with Crippen molar-refractivity contribution in [3.8, 4) is 0 Å². The molecule has 0 aromatic heterocycles. The fourth-order valence-electron chi connectivity index (χ4n) is 1.64. The van der Waals surface area contributed by atoms with Gasteiger partial charge in [0.2, 0.25) is 0 Å². The molecule has 0 aliphatic rings. The van der Waals surface area contributed by atoms with Crippen LogP contribution in [0.2, 0.25) is 5.54 Å². The molecule has 0 fully saturated rings. The summed E-state index contributed by atoms with van der Waals surface area (Å²) in [6.45, 7) is 9.14. The van der Waals surface area contributed by atoms with Crippen LogP contribution in [0.5, 0.6) is 0 Å². The average molecular weight is 261 g/mol. The maximum absolute atomic E-state index is 5.96. The first kappa shape index (κ1) is 17.1. The second-order valence-corrected chi connectivity index (χ2v) is 7.27. The molecule has 0 rings (SSSR count). The van der Waals surface area contributed by atoms with Crippen LogP contribution in [0.1, 0.15) is 59.3 Å². The van der Waals surface area contributed by atoms with E-state index in [1.807, 2.05) is 0 Å². The van der Waals surface area contributed by atoms with Crippen molar-refractivity contribution >= 4 is 9.28 Å². The minimum absolute atomic E-state index is 0.576. The summed E-state index contributed by atoms with van der Waals surface area (Å²) in [6.07, 6.45) is 6.89. The van der Waals surface area contributed by atoms with Crippen molar-refractivity contribution in [2.45, 2.75) is 64.8 Å². The maximum Gasteiger partial charge on any atom is 0.324 e. The zero-order chi connectivity index (χ0) is 12.9. The monoisotopic (exact) mass is 261 g/mol. The Bertz CT molecular complexity index is 148. The highest BCUT2D eigenvalue weighted by atomic mass is 28.3. The van der Waals surface area contributed by atoms with Gasteiger partial charge in [0, 0.05) is 13.2 Å². The van der Waals surface area contributed by atoms with E-state index in [-0.39, 0.29) is 0 Å². The predicted molar refractivity (Wildman–Crippen MR) is 76.6 cm³/mol. The Labute approximate surface area is 109 Å². The molecule has 0 saturated heterocycles. The molecule has 0 bridgehead atoms. The van der Waals surface area contributed by atoms with Crippen molar-refractivity contribution in [1.29, 1.82) is 0 Å². The lowest BCUT2D eigenvalue weighted by molar-refractivity contribution is 0.182. The SMILES string of the molecule is CCCCO[SiH](OCCCC)C(C)CCCN. The van der Waals surface area contributed by atoms with E-state index in [1.165, 1.54) is 12.8 Å². The fourth-order valence-corrected chi connectivity index (χ4v) is 3.70. The highest BCUT2D eigenvalue weighted by Gasteiger charge is 2.21. The van der Waals surface area contributed by atoms with Crippen LogP contribution in [0.3, 0.4) is 0 Å². The van der Waals surface area contributed by atoms with Crippen LogP contribution in [0.25, 0.3) is 0 Å². The van der Waals surface area contributed by atoms with Crippen molar-refractivity contribution in [3.05, 3.63) is 0 Å². The number of nitrogens with two attached hydrogens (primary N) is 1. The van der Waals surface area contributed by atoms with Crippen LogP contribution in [-0.4, -0.2) is 29.0 Å². The van der Waals surface area contributed by atoms with E-state index in [2.05, 4.69) is 20.8 Å². The van der Waals surface area contributed by atoms with Gasteiger partial charge in [-0.1, -0.05) is 33.6 Å². The van der Waals surface area contributed by atoms with Gasteiger partial charge in [0.1, 0.15) is 0 Å². The maximum atomic E-state index is 5.96. The molecule has 3 nitrogen and oxygen atoms in total. The highest BCUT2D eigenvalue weighted by Crippen LogP contribution is 2.18. The van der Waals surface area contributed by atoms with Gasteiger partial charge in [0.05, 0.1) is 0 Å². The summed E-state index contributed by atoms with van der Waals surface area (Å²) in [5.41, 5.74) is 6.13. The third-order valence-corrected chi connectivity index (χ3v) is 5.28. The first-order chi connectivity index (χ1) is 8.26. The van der Waals surface area contributed by atoms with Gasteiger partial charge in [-0.2, -0.15) is 0 Å². The van der Waals surface area contributed by atoms with Gasteiger partial charge in [-0.05, 0) is 37.8 Å². The van der Waals surface area contributed by atoms with Crippen molar-refractivity contribution < 1.29 is 8.85 Å². The van der Waals surface area contributed by atoms with E-state index in [4.69, 9.17) is 14.6 Å². The van der Waals surface area contributed by atoms with E-state index in [9.17, 15) is 0 Å².